The third kappa shape index (κ3) is 3.10. The largest absolute Gasteiger partial charge is 0.366 e. The molecule has 0 heterocycles. The Kier molecular flexibility index (Phi) is 4.07. The van der Waals surface area contributed by atoms with Crippen LogP contribution in [0.25, 0.3) is 0 Å². The predicted octanol–water partition coefficient (Wildman–Crippen LogP) is 1.04. The summed E-state index contributed by atoms with van der Waals surface area (Å²) in [7, 11) is 0. The minimum atomic E-state index is -1.38. The van der Waals surface area contributed by atoms with Crippen LogP contribution < -0.4 is 5.32 Å². The summed E-state index contributed by atoms with van der Waals surface area (Å²) < 4.78 is 0. The zero-order valence-electron chi connectivity index (χ0n) is 8.51. The van der Waals surface area contributed by atoms with Crippen LogP contribution in [0.4, 0.5) is 0 Å². The maximum Gasteiger partial charge on any atom is 0.171 e. The molecule has 1 unspecified atom stereocenters. The maximum absolute atomic E-state index is 9.21. The lowest BCUT2D eigenvalue weighted by atomic mass is 10.1. The molecule has 0 bridgehead atoms. The van der Waals surface area contributed by atoms with E-state index in [0.717, 1.165) is 5.56 Å². The summed E-state index contributed by atoms with van der Waals surface area (Å²) in [6, 6.07) is 9.20. The van der Waals surface area contributed by atoms with Gasteiger partial charge in [-0.1, -0.05) is 44.2 Å². The highest BCUT2D eigenvalue weighted by Crippen LogP contribution is 2.15. The van der Waals surface area contributed by atoms with Gasteiger partial charge in [-0.25, -0.2) is 0 Å². The first kappa shape index (κ1) is 11.2. The first-order chi connectivity index (χ1) is 6.61. The van der Waals surface area contributed by atoms with E-state index in [0.29, 0.717) is 0 Å². The van der Waals surface area contributed by atoms with Gasteiger partial charge in [0.1, 0.15) is 0 Å². The summed E-state index contributed by atoms with van der Waals surface area (Å²) in [5.74, 6) is 0. The van der Waals surface area contributed by atoms with Crippen molar-refractivity contribution >= 4 is 0 Å². The lowest BCUT2D eigenvalue weighted by Crippen LogP contribution is -2.36. The van der Waals surface area contributed by atoms with Crippen molar-refractivity contribution < 1.29 is 10.2 Å². The summed E-state index contributed by atoms with van der Waals surface area (Å²) in [5, 5.41) is 21.5. The Hall–Kier alpha value is -0.900. The molecule has 0 aliphatic rings. The molecule has 0 aromatic heterocycles. The highest BCUT2D eigenvalue weighted by Gasteiger charge is 2.18. The Labute approximate surface area is 84.4 Å². The average molecular weight is 195 g/mol. The van der Waals surface area contributed by atoms with E-state index in [1.54, 1.807) is 0 Å². The van der Waals surface area contributed by atoms with Gasteiger partial charge in [0, 0.05) is 6.04 Å². The maximum atomic E-state index is 9.21. The van der Waals surface area contributed by atoms with Crippen molar-refractivity contribution in [3.8, 4) is 0 Å². The molecule has 1 atom stereocenters. The number of rotatable bonds is 4. The topological polar surface area (TPSA) is 52.5 Å². The summed E-state index contributed by atoms with van der Waals surface area (Å²) in [5.41, 5.74) is 0.885. The van der Waals surface area contributed by atoms with Gasteiger partial charge in [0.05, 0.1) is 6.04 Å². The van der Waals surface area contributed by atoms with Gasteiger partial charge < -0.3 is 15.5 Å². The van der Waals surface area contributed by atoms with Crippen LogP contribution in [0, 0.1) is 0 Å². The van der Waals surface area contributed by atoms with Crippen LogP contribution in [0.3, 0.4) is 0 Å². The standard InChI is InChI=1S/C11H17NO2/c1-8(2)12-10(11(13)14)9-6-4-3-5-7-9/h3-8,10-14H,1-2H3. The van der Waals surface area contributed by atoms with Crippen molar-refractivity contribution in [3.63, 3.8) is 0 Å². The van der Waals surface area contributed by atoms with Crippen LogP contribution in [0.2, 0.25) is 0 Å². The van der Waals surface area contributed by atoms with Crippen LogP contribution in [0.5, 0.6) is 0 Å². The molecule has 78 valence electrons. The molecular formula is C11H17NO2. The summed E-state index contributed by atoms with van der Waals surface area (Å²) >= 11 is 0. The molecule has 0 saturated heterocycles. The third-order valence-corrected chi connectivity index (χ3v) is 1.97. The number of benzene rings is 1. The molecular weight excluding hydrogens is 178 g/mol. The van der Waals surface area contributed by atoms with Crippen LogP contribution in [0.15, 0.2) is 30.3 Å². The van der Waals surface area contributed by atoms with E-state index in [-0.39, 0.29) is 6.04 Å². The minimum Gasteiger partial charge on any atom is -0.366 e. The SMILES string of the molecule is CC(C)NC(c1ccccc1)C(O)O. The monoisotopic (exact) mass is 195 g/mol. The fraction of sp³-hybridized carbons (Fsp3) is 0.455. The number of hydrogen-bond donors (Lipinski definition) is 3. The normalized spacial score (nSPS) is 13.6. The van der Waals surface area contributed by atoms with E-state index < -0.39 is 12.3 Å². The van der Waals surface area contributed by atoms with Gasteiger partial charge in [-0.2, -0.15) is 0 Å². The van der Waals surface area contributed by atoms with Crippen LogP contribution in [-0.4, -0.2) is 22.5 Å². The Morgan fingerprint density at radius 3 is 2.07 bits per heavy atom. The molecule has 3 N–H and O–H groups in total. The predicted molar refractivity (Wildman–Crippen MR) is 55.7 cm³/mol. The Morgan fingerprint density at radius 2 is 1.64 bits per heavy atom. The van der Waals surface area contributed by atoms with Crippen molar-refractivity contribution in [3.05, 3.63) is 35.9 Å². The fourth-order valence-electron chi connectivity index (χ4n) is 1.37. The van der Waals surface area contributed by atoms with Gasteiger partial charge in [-0.15, -0.1) is 0 Å². The van der Waals surface area contributed by atoms with Crippen molar-refractivity contribution in [2.24, 2.45) is 0 Å². The zero-order valence-corrected chi connectivity index (χ0v) is 8.51. The molecule has 0 aliphatic heterocycles. The zero-order chi connectivity index (χ0) is 10.6. The van der Waals surface area contributed by atoms with E-state index in [1.165, 1.54) is 0 Å². The van der Waals surface area contributed by atoms with E-state index in [1.807, 2.05) is 44.2 Å². The molecule has 3 nitrogen and oxygen atoms in total. The number of hydrogen-bond acceptors (Lipinski definition) is 3. The summed E-state index contributed by atoms with van der Waals surface area (Å²) in [6.45, 7) is 3.94. The number of aliphatic hydroxyl groups is 2. The van der Waals surface area contributed by atoms with Crippen molar-refractivity contribution in [2.45, 2.75) is 32.2 Å². The molecule has 0 fully saturated rings. The first-order valence-electron chi connectivity index (χ1n) is 4.78. The second-order valence-electron chi connectivity index (χ2n) is 3.62. The van der Waals surface area contributed by atoms with E-state index >= 15 is 0 Å². The molecule has 1 rings (SSSR count). The van der Waals surface area contributed by atoms with Crippen molar-refractivity contribution in [1.82, 2.24) is 5.32 Å². The molecule has 0 aliphatic carbocycles. The fourth-order valence-corrected chi connectivity index (χ4v) is 1.37. The van der Waals surface area contributed by atoms with Crippen molar-refractivity contribution in [2.75, 3.05) is 0 Å². The van der Waals surface area contributed by atoms with E-state index in [4.69, 9.17) is 0 Å². The second kappa shape index (κ2) is 5.10. The molecule has 0 radical (unpaired) electrons. The molecule has 0 amide bonds. The smallest absolute Gasteiger partial charge is 0.171 e. The quantitative estimate of drug-likeness (QED) is 0.629. The van der Waals surface area contributed by atoms with Crippen molar-refractivity contribution in [1.29, 1.82) is 0 Å². The van der Waals surface area contributed by atoms with Crippen LogP contribution in [0.1, 0.15) is 25.5 Å². The van der Waals surface area contributed by atoms with Crippen LogP contribution >= 0.6 is 0 Å². The molecule has 0 saturated carbocycles. The molecule has 1 aromatic carbocycles. The van der Waals surface area contributed by atoms with Gasteiger partial charge in [0.25, 0.3) is 0 Å². The number of aliphatic hydroxyl groups excluding tert-OH is 1. The van der Waals surface area contributed by atoms with E-state index in [2.05, 4.69) is 5.32 Å². The molecule has 3 heteroatoms. The minimum absolute atomic E-state index is 0.210. The Bertz CT molecular complexity index is 259. The summed E-state index contributed by atoms with van der Waals surface area (Å²) in [6.07, 6.45) is -1.38. The highest BCUT2D eigenvalue weighted by atomic mass is 16.5. The van der Waals surface area contributed by atoms with Gasteiger partial charge >= 0.3 is 0 Å². The Morgan fingerprint density at radius 1 is 1.07 bits per heavy atom. The molecule has 0 spiro atoms. The molecule has 14 heavy (non-hydrogen) atoms. The highest BCUT2D eigenvalue weighted by molar-refractivity contribution is 5.19. The lowest BCUT2D eigenvalue weighted by Gasteiger charge is -2.23. The van der Waals surface area contributed by atoms with Crippen LogP contribution in [-0.2, 0) is 0 Å². The van der Waals surface area contributed by atoms with Gasteiger partial charge in [0.2, 0.25) is 0 Å². The van der Waals surface area contributed by atoms with Gasteiger partial charge in [0.15, 0.2) is 6.29 Å². The molecule has 1 aromatic rings. The lowest BCUT2D eigenvalue weighted by molar-refractivity contribution is -0.0698. The van der Waals surface area contributed by atoms with Gasteiger partial charge in [-0.05, 0) is 5.56 Å². The van der Waals surface area contributed by atoms with E-state index in [9.17, 15) is 10.2 Å². The Balaban J connectivity index is 2.78. The second-order valence-corrected chi connectivity index (χ2v) is 3.62. The number of nitrogens with one attached hydrogen (secondary N) is 1. The first-order valence-corrected chi connectivity index (χ1v) is 4.78. The summed E-state index contributed by atoms with van der Waals surface area (Å²) in [4.78, 5) is 0. The average Bonchev–Trinajstić information content (AvgIpc) is 2.15. The van der Waals surface area contributed by atoms with Gasteiger partial charge in [-0.3, -0.25) is 0 Å². The third-order valence-electron chi connectivity index (χ3n) is 1.97.